The van der Waals surface area contributed by atoms with E-state index in [-0.39, 0.29) is 40.1 Å². The lowest BCUT2D eigenvalue weighted by Gasteiger charge is -2.32. The number of aliphatic hydroxyl groups excluding tert-OH is 1. The zero-order chi connectivity index (χ0) is 33.9. The fourth-order valence-electron chi connectivity index (χ4n) is 5.66. The maximum Gasteiger partial charge on any atom is 0.434 e. The summed E-state index contributed by atoms with van der Waals surface area (Å²) in [6.45, 7) is 2.28. The van der Waals surface area contributed by atoms with E-state index < -0.39 is 56.7 Å². The molecular weight excluding hydrogens is 645 g/mol. The van der Waals surface area contributed by atoms with Gasteiger partial charge in [-0.3, -0.25) is 0 Å². The van der Waals surface area contributed by atoms with E-state index in [9.17, 15) is 26.7 Å². The Morgan fingerprint density at radius 1 is 1.09 bits per heavy atom. The Balaban J connectivity index is 1.41. The zero-order valence-electron chi connectivity index (χ0n) is 25.5. The van der Waals surface area contributed by atoms with Crippen molar-refractivity contribution < 1.29 is 44.6 Å². The number of halogens is 5. The monoisotopic (exact) mass is 675 g/mol. The molecule has 8 nitrogen and oxygen atoms in total. The Kier molecular flexibility index (Phi) is 8.15. The van der Waals surface area contributed by atoms with Crippen LogP contribution in [0.5, 0.6) is 5.75 Å². The van der Waals surface area contributed by atoms with Crippen molar-refractivity contribution in [2.45, 2.75) is 45.0 Å². The third kappa shape index (κ3) is 6.35. The molecule has 6 rings (SSSR count). The molecule has 0 saturated heterocycles. The summed E-state index contributed by atoms with van der Waals surface area (Å²) in [5.41, 5.74) is -3.55. The Labute approximate surface area is 267 Å². The number of ether oxygens (including phenoxy) is 1. The van der Waals surface area contributed by atoms with Crippen molar-refractivity contribution in [2.75, 3.05) is 19.5 Å². The number of imidazole rings is 1. The second kappa shape index (κ2) is 11.7. The Morgan fingerprint density at radius 3 is 2.34 bits per heavy atom. The van der Waals surface area contributed by atoms with Crippen molar-refractivity contribution in [3.63, 3.8) is 0 Å². The van der Waals surface area contributed by atoms with Gasteiger partial charge in [0.1, 0.15) is 11.5 Å². The molecule has 4 aromatic rings. The van der Waals surface area contributed by atoms with Gasteiger partial charge in [0.25, 0.3) is 0 Å². The molecule has 0 radical (unpaired) electrons. The number of alkyl halides is 4. The molecule has 1 unspecified atom stereocenters. The first-order valence-corrected chi connectivity index (χ1v) is 16.6. The largest absolute Gasteiger partial charge is 0.490 e. The van der Waals surface area contributed by atoms with E-state index in [2.05, 4.69) is 9.97 Å². The minimum absolute atomic E-state index is 0.0223. The summed E-state index contributed by atoms with van der Waals surface area (Å²) in [6.07, 6.45) is -0.0961. The maximum absolute atomic E-state index is 17.7. The molecule has 1 fully saturated rings. The van der Waals surface area contributed by atoms with Gasteiger partial charge in [0.15, 0.2) is 44.4 Å². The number of aryl methyl sites for hydroxylation is 2. The first kappa shape index (κ1) is 32.6. The quantitative estimate of drug-likeness (QED) is 0.190. The number of sulfone groups is 1. The van der Waals surface area contributed by atoms with E-state index >= 15 is 8.78 Å². The lowest BCUT2D eigenvalue weighted by Crippen LogP contribution is -2.32. The lowest BCUT2D eigenvalue weighted by atomic mass is 9.79. The molecule has 14 heteroatoms. The number of hydrogen-bond donors (Lipinski definition) is 1. The molecule has 1 saturated carbocycles. The van der Waals surface area contributed by atoms with Gasteiger partial charge in [-0.25, -0.2) is 27.2 Å². The van der Waals surface area contributed by atoms with Gasteiger partial charge in [0.2, 0.25) is 0 Å². The summed E-state index contributed by atoms with van der Waals surface area (Å²) in [5.74, 6) is -0.328. The summed E-state index contributed by atoms with van der Waals surface area (Å²) in [4.78, 5) is 7.38. The van der Waals surface area contributed by atoms with Crippen LogP contribution < -0.4 is 4.74 Å². The van der Waals surface area contributed by atoms with Gasteiger partial charge in [0.05, 0.1) is 18.1 Å². The average molecular weight is 676 g/mol. The molecule has 248 valence electrons. The van der Waals surface area contributed by atoms with Crippen LogP contribution in [-0.2, 0) is 21.7 Å². The van der Waals surface area contributed by atoms with Crippen LogP contribution in [0.1, 0.15) is 47.9 Å². The minimum atomic E-state index is -4.64. The molecule has 0 aliphatic heterocycles. The second-order valence-corrected chi connectivity index (χ2v) is 13.8. The molecule has 1 atom stereocenters. The van der Waals surface area contributed by atoms with Crippen LogP contribution >= 0.6 is 0 Å². The highest BCUT2D eigenvalue weighted by Crippen LogP contribution is 2.50. The van der Waals surface area contributed by atoms with Gasteiger partial charge in [-0.05, 0) is 73.2 Å². The van der Waals surface area contributed by atoms with Gasteiger partial charge in [0, 0.05) is 42.6 Å². The molecule has 2 heterocycles. The molecule has 2 aliphatic rings. The topological polar surface area (TPSA) is 107 Å². The van der Waals surface area contributed by atoms with Gasteiger partial charge >= 0.3 is 6.18 Å². The summed E-state index contributed by atoms with van der Waals surface area (Å²) in [5, 5.41) is 10.4. The van der Waals surface area contributed by atoms with E-state index in [4.69, 9.17) is 9.15 Å². The van der Waals surface area contributed by atoms with Gasteiger partial charge < -0.3 is 18.8 Å². The molecule has 0 amide bonds. The SMILES string of the molecule is Cc1nc(C2(F)CC(c3ccc(-n4cc(C(F)(F)F)nc4C)cc3)=CC(S(C)(=O)=O)=C2CO)c(-c2ccc(OCC3CC3)c(F)c2)o1. The van der Waals surface area contributed by atoms with Crippen LogP contribution in [0.25, 0.3) is 22.6 Å². The van der Waals surface area contributed by atoms with Gasteiger partial charge in [-0.1, -0.05) is 12.1 Å². The number of oxazole rings is 1. The normalized spacial score (nSPS) is 18.9. The number of allylic oxidation sites excluding steroid dienone is 2. The van der Waals surface area contributed by atoms with Gasteiger partial charge in [-0.2, -0.15) is 13.2 Å². The van der Waals surface area contributed by atoms with Crippen LogP contribution in [0.2, 0.25) is 0 Å². The van der Waals surface area contributed by atoms with E-state index in [0.717, 1.165) is 31.4 Å². The predicted molar refractivity (Wildman–Crippen MR) is 162 cm³/mol. The van der Waals surface area contributed by atoms with Crippen molar-refractivity contribution in [1.29, 1.82) is 0 Å². The number of hydrogen-bond acceptors (Lipinski definition) is 7. The fraction of sp³-hybridized carbons (Fsp3) is 0.333. The van der Waals surface area contributed by atoms with Crippen LogP contribution in [0.3, 0.4) is 0 Å². The zero-order valence-corrected chi connectivity index (χ0v) is 26.3. The van der Waals surface area contributed by atoms with Gasteiger partial charge in [-0.15, -0.1) is 0 Å². The van der Waals surface area contributed by atoms with Crippen molar-refractivity contribution in [2.24, 2.45) is 5.92 Å². The third-order valence-electron chi connectivity index (χ3n) is 8.24. The smallest absolute Gasteiger partial charge is 0.434 e. The highest BCUT2D eigenvalue weighted by molar-refractivity contribution is 7.94. The van der Waals surface area contributed by atoms with E-state index in [1.807, 2.05) is 0 Å². The van der Waals surface area contributed by atoms with Crippen molar-refractivity contribution in [3.05, 3.63) is 99.7 Å². The van der Waals surface area contributed by atoms with Crippen molar-refractivity contribution in [1.82, 2.24) is 14.5 Å². The Morgan fingerprint density at radius 2 is 1.77 bits per heavy atom. The molecule has 0 bridgehead atoms. The minimum Gasteiger partial charge on any atom is -0.490 e. The number of aliphatic hydroxyl groups is 1. The number of nitrogens with zero attached hydrogens (tertiary/aromatic N) is 3. The molecule has 2 aliphatic carbocycles. The second-order valence-electron chi connectivity index (χ2n) is 11.8. The molecule has 2 aromatic carbocycles. The molecular formula is C33H30F5N3O5S. The first-order valence-electron chi connectivity index (χ1n) is 14.7. The number of aromatic nitrogens is 3. The van der Waals surface area contributed by atoms with E-state index in [1.165, 1.54) is 60.9 Å². The highest BCUT2D eigenvalue weighted by atomic mass is 32.2. The molecule has 1 N–H and O–H groups in total. The fourth-order valence-corrected chi connectivity index (χ4v) is 6.69. The molecule has 47 heavy (non-hydrogen) atoms. The summed E-state index contributed by atoms with van der Waals surface area (Å²) >= 11 is 0. The Bertz CT molecular complexity index is 2030. The van der Waals surface area contributed by atoms with Crippen molar-refractivity contribution >= 4 is 15.4 Å². The lowest BCUT2D eigenvalue weighted by molar-refractivity contribution is -0.141. The maximum atomic E-state index is 17.7. The first-order chi connectivity index (χ1) is 22.1. The van der Waals surface area contributed by atoms with Crippen molar-refractivity contribution in [3.8, 4) is 22.8 Å². The van der Waals surface area contributed by atoms with Crippen LogP contribution in [-0.4, -0.2) is 47.5 Å². The van der Waals surface area contributed by atoms with E-state index in [1.54, 1.807) is 0 Å². The summed E-state index contributed by atoms with van der Waals surface area (Å²) in [6, 6.07) is 10.0. The Hall–Kier alpha value is -4.30. The number of benzene rings is 2. The third-order valence-corrected chi connectivity index (χ3v) is 9.40. The summed E-state index contributed by atoms with van der Waals surface area (Å²) in [7, 11) is -4.12. The van der Waals surface area contributed by atoms with Crippen LogP contribution in [0.15, 0.2) is 69.6 Å². The number of rotatable bonds is 9. The van der Waals surface area contributed by atoms with E-state index in [0.29, 0.717) is 23.8 Å². The average Bonchev–Trinajstić information content (AvgIpc) is 3.61. The summed E-state index contributed by atoms with van der Waals surface area (Å²) < 4.78 is 111. The molecule has 0 spiro atoms. The highest BCUT2D eigenvalue weighted by Gasteiger charge is 2.47. The van der Waals surface area contributed by atoms with Crippen LogP contribution in [0, 0.1) is 25.6 Å². The predicted octanol–water partition coefficient (Wildman–Crippen LogP) is 7.03. The molecule has 2 aromatic heterocycles. The standard InChI is InChI=1S/C33H30F5N3O5S/c1-18-39-29(33(36,37)38)15-41(18)24-9-6-21(7-10-24)23-13-28(47(3,43)44)25(16-42)32(35,14-23)31-30(46-19(2)40-31)22-8-11-27(26(34)12-22)45-17-20-4-5-20/h6-13,15,20,42H,4-5,14,16-17H2,1-3H3. The van der Waals surface area contributed by atoms with Crippen LogP contribution in [0.4, 0.5) is 22.0 Å².